The molecule has 0 radical (unpaired) electrons. The third-order valence-corrected chi connectivity index (χ3v) is 10.6. The van der Waals surface area contributed by atoms with Crippen LogP contribution in [-0.2, 0) is 11.3 Å². The average Bonchev–Trinajstić information content (AvgIpc) is 3.29. The van der Waals surface area contributed by atoms with Crippen molar-refractivity contribution >= 4 is 55.9 Å². The molecular weight excluding hydrogens is 607 g/mol. The smallest absolute Gasteiger partial charge is 0.338 e. The summed E-state index contributed by atoms with van der Waals surface area (Å²) in [6.07, 6.45) is 5.34. The van der Waals surface area contributed by atoms with Crippen molar-refractivity contribution in [2.45, 2.75) is 57.5 Å². The van der Waals surface area contributed by atoms with Crippen LogP contribution in [0.15, 0.2) is 34.9 Å². The second-order valence-corrected chi connectivity index (χ2v) is 13.7. The summed E-state index contributed by atoms with van der Waals surface area (Å²) in [7, 11) is 1.40. The third kappa shape index (κ3) is 5.61. The predicted octanol–water partition coefficient (Wildman–Crippen LogP) is 7.72. The van der Waals surface area contributed by atoms with Crippen LogP contribution in [0.5, 0.6) is 5.75 Å². The highest BCUT2D eigenvalue weighted by molar-refractivity contribution is 7.22. The van der Waals surface area contributed by atoms with Crippen LogP contribution < -0.4 is 15.0 Å². The van der Waals surface area contributed by atoms with Gasteiger partial charge in [-0.05, 0) is 68.2 Å². The van der Waals surface area contributed by atoms with Gasteiger partial charge < -0.3 is 24.2 Å². The summed E-state index contributed by atoms with van der Waals surface area (Å²) in [6.45, 7) is 5.25. The fourth-order valence-corrected chi connectivity index (χ4v) is 8.25. The normalized spacial score (nSPS) is 21.5. The van der Waals surface area contributed by atoms with Crippen molar-refractivity contribution < 1.29 is 18.8 Å². The Bertz CT molecular complexity index is 1630. The van der Waals surface area contributed by atoms with Crippen LogP contribution in [0.25, 0.3) is 21.5 Å². The summed E-state index contributed by atoms with van der Waals surface area (Å²) in [5.41, 5.74) is 3.88. The molecular formula is C32H34Cl2N4O4S. The number of hydrogen-bond donors (Lipinski definition) is 1. The minimum absolute atomic E-state index is 0.370. The zero-order chi connectivity index (χ0) is 29.7. The summed E-state index contributed by atoms with van der Waals surface area (Å²) < 4.78 is 17.8. The summed E-state index contributed by atoms with van der Waals surface area (Å²) in [5.74, 6) is 2.85. The zero-order valence-corrected chi connectivity index (χ0v) is 26.5. The van der Waals surface area contributed by atoms with Gasteiger partial charge in [0.05, 0.1) is 34.0 Å². The van der Waals surface area contributed by atoms with E-state index in [1.165, 1.54) is 7.11 Å². The molecule has 2 aromatic heterocycles. The lowest BCUT2D eigenvalue weighted by Crippen LogP contribution is -2.30. The first-order valence-electron chi connectivity index (χ1n) is 15.0. The molecule has 2 saturated carbocycles. The molecule has 8 nitrogen and oxygen atoms in total. The number of carbonyl (C=O) groups is 1. The molecule has 3 atom stereocenters. The number of fused-ring (bicyclic) bond motifs is 2. The first-order chi connectivity index (χ1) is 20.9. The van der Waals surface area contributed by atoms with Crippen molar-refractivity contribution in [3.63, 3.8) is 0 Å². The highest BCUT2D eigenvalue weighted by Crippen LogP contribution is 2.47. The Morgan fingerprint density at radius 1 is 1.16 bits per heavy atom. The van der Waals surface area contributed by atoms with E-state index < -0.39 is 0 Å². The van der Waals surface area contributed by atoms with Crippen LogP contribution in [0.3, 0.4) is 0 Å². The van der Waals surface area contributed by atoms with Gasteiger partial charge in [0.1, 0.15) is 22.7 Å². The van der Waals surface area contributed by atoms with Crippen LogP contribution in [-0.4, -0.2) is 49.0 Å². The van der Waals surface area contributed by atoms with Crippen LogP contribution in [0.2, 0.25) is 10.0 Å². The minimum Gasteiger partial charge on any atom is -0.491 e. The molecule has 11 heteroatoms. The van der Waals surface area contributed by atoms with Gasteiger partial charge >= 0.3 is 5.97 Å². The van der Waals surface area contributed by atoms with Crippen molar-refractivity contribution in [2.75, 3.05) is 31.7 Å². The van der Waals surface area contributed by atoms with Crippen LogP contribution in [0, 0.1) is 11.8 Å². The molecule has 0 spiro atoms. The molecule has 3 fully saturated rings. The van der Waals surface area contributed by atoms with Gasteiger partial charge in [-0.15, -0.1) is 0 Å². The minimum atomic E-state index is -0.370. The maximum absolute atomic E-state index is 12.3. The van der Waals surface area contributed by atoms with E-state index in [9.17, 15) is 4.79 Å². The quantitative estimate of drug-likeness (QED) is 0.176. The number of thiazole rings is 1. The topological polar surface area (TPSA) is 89.7 Å². The largest absolute Gasteiger partial charge is 0.491 e. The Morgan fingerprint density at radius 3 is 2.58 bits per heavy atom. The Hall–Kier alpha value is -2.85. The first-order valence-corrected chi connectivity index (χ1v) is 16.6. The number of hydrogen-bond acceptors (Lipinski definition) is 9. The van der Waals surface area contributed by atoms with Gasteiger partial charge in [0.25, 0.3) is 0 Å². The Balaban J connectivity index is 1.04. The molecule has 1 unspecified atom stereocenters. The number of nitrogens with zero attached hydrogens (tertiary/aromatic N) is 3. The maximum atomic E-state index is 12.3. The molecule has 0 bridgehead atoms. The molecule has 0 amide bonds. The Morgan fingerprint density at radius 2 is 1.91 bits per heavy atom. The van der Waals surface area contributed by atoms with Gasteiger partial charge in [-0.1, -0.05) is 52.7 Å². The fraction of sp³-hybridized carbons (Fsp3) is 0.469. The van der Waals surface area contributed by atoms with Gasteiger partial charge in [0.15, 0.2) is 5.13 Å². The molecule has 3 heterocycles. The third-order valence-electron chi connectivity index (χ3n) is 8.89. The lowest BCUT2D eigenvalue weighted by molar-refractivity contribution is 0.0600. The average molecular weight is 642 g/mol. The molecule has 7 rings (SSSR count). The highest BCUT2D eigenvalue weighted by atomic mass is 35.5. The maximum Gasteiger partial charge on any atom is 0.338 e. The SMILES string of the molecule is CCCOc1cc(C(=O)OC)cc2sc(N3C[C@H]4CC(NCc5c(-c6c(Cl)cccc6Cl)noc5C5CC5)C[C@H]4C3)nc12. The molecule has 226 valence electrons. The van der Waals surface area contributed by atoms with Crippen molar-refractivity contribution in [1.82, 2.24) is 15.5 Å². The standard InChI is InChI=1S/C32H34Cl2N4O4S/c1-3-9-41-25-12-18(31(39)40-2)13-26-29(25)36-32(43-26)38-15-19-10-21(11-20(19)16-38)35-14-22-28(37-42-30(22)17-7-8-17)27-23(33)5-4-6-24(27)34/h4-6,12-13,17,19-21,35H,3,7-11,14-16H2,1-2H3/t19-,20+,21?. The van der Waals surface area contributed by atoms with Crippen LogP contribution in [0.1, 0.15) is 66.6 Å². The molecule has 4 aromatic rings. The molecule has 1 saturated heterocycles. The summed E-state index contributed by atoms with van der Waals surface area (Å²) >= 11 is 14.7. The van der Waals surface area contributed by atoms with E-state index >= 15 is 0 Å². The summed E-state index contributed by atoms with van der Waals surface area (Å²) in [4.78, 5) is 19.7. The number of ether oxygens (including phenoxy) is 2. The van der Waals surface area contributed by atoms with Crippen LogP contribution in [0.4, 0.5) is 5.13 Å². The Labute approximate surface area is 264 Å². The number of rotatable bonds is 10. The van der Waals surface area contributed by atoms with Crippen molar-refractivity contribution in [3.8, 4) is 17.0 Å². The van der Waals surface area contributed by atoms with E-state index in [0.717, 1.165) is 83.1 Å². The van der Waals surface area contributed by atoms with E-state index in [-0.39, 0.29) is 5.97 Å². The number of benzene rings is 2. The number of anilines is 1. The molecule has 43 heavy (non-hydrogen) atoms. The van der Waals surface area contributed by atoms with Gasteiger partial charge in [0, 0.05) is 42.7 Å². The molecule has 2 aromatic carbocycles. The summed E-state index contributed by atoms with van der Waals surface area (Å²) in [5, 5.41) is 10.4. The molecule has 1 aliphatic heterocycles. The van der Waals surface area contributed by atoms with Crippen molar-refractivity contribution in [1.29, 1.82) is 0 Å². The van der Waals surface area contributed by atoms with E-state index in [1.54, 1.807) is 17.4 Å². The lowest BCUT2D eigenvalue weighted by Gasteiger charge is -2.19. The molecule has 2 aliphatic carbocycles. The zero-order valence-electron chi connectivity index (χ0n) is 24.2. The fourth-order valence-electron chi connectivity index (χ4n) is 6.63. The number of aromatic nitrogens is 2. The predicted molar refractivity (Wildman–Crippen MR) is 170 cm³/mol. The number of nitrogens with one attached hydrogen (secondary N) is 1. The second-order valence-electron chi connectivity index (χ2n) is 11.9. The van der Waals surface area contributed by atoms with E-state index in [4.69, 9.17) is 42.2 Å². The second kappa shape index (κ2) is 11.9. The molecule has 3 aliphatic rings. The van der Waals surface area contributed by atoms with Gasteiger partial charge in [-0.25, -0.2) is 9.78 Å². The van der Waals surface area contributed by atoms with Crippen molar-refractivity contribution in [2.24, 2.45) is 11.8 Å². The van der Waals surface area contributed by atoms with Gasteiger partial charge in [-0.2, -0.15) is 0 Å². The van der Waals surface area contributed by atoms with Crippen molar-refractivity contribution in [3.05, 3.63) is 57.3 Å². The first kappa shape index (κ1) is 28.9. The number of halogens is 2. The van der Waals surface area contributed by atoms with Crippen LogP contribution >= 0.6 is 34.5 Å². The van der Waals surface area contributed by atoms with E-state index in [0.29, 0.717) is 58.3 Å². The number of methoxy groups -OCH3 is 1. The summed E-state index contributed by atoms with van der Waals surface area (Å²) in [6, 6.07) is 9.57. The van der Waals surface area contributed by atoms with E-state index in [1.807, 2.05) is 24.3 Å². The van der Waals surface area contributed by atoms with E-state index in [2.05, 4.69) is 22.3 Å². The Kier molecular flexibility index (Phi) is 8.01. The number of carbonyl (C=O) groups excluding carboxylic acids is 1. The number of esters is 1. The highest BCUT2D eigenvalue weighted by Gasteiger charge is 2.42. The lowest BCUT2D eigenvalue weighted by atomic mass is 10.0. The van der Waals surface area contributed by atoms with Gasteiger partial charge in [0.2, 0.25) is 0 Å². The molecule has 1 N–H and O–H groups in total. The van der Waals surface area contributed by atoms with Gasteiger partial charge in [-0.3, -0.25) is 0 Å². The monoisotopic (exact) mass is 640 g/mol.